The molecule has 0 unspecified atom stereocenters. The van der Waals surface area contributed by atoms with Gasteiger partial charge in [0.15, 0.2) is 18.1 Å². The number of ether oxygens (including phenoxy) is 4. The summed E-state index contributed by atoms with van der Waals surface area (Å²) in [4.78, 5) is 40.8. The molecule has 0 radical (unpaired) electrons. The summed E-state index contributed by atoms with van der Waals surface area (Å²) in [7, 11) is 4.48. The second-order valence-electron chi connectivity index (χ2n) is 8.34. The Kier molecular flexibility index (Phi) is 9.38. The Morgan fingerprint density at radius 3 is 2.06 bits per heavy atom. The van der Waals surface area contributed by atoms with E-state index in [1.54, 1.807) is 24.1 Å². The van der Waals surface area contributed by atoms with Gasteiger partial charge in [-0.3, -0.25) is 14.4 Å². The van der Waals surface area contributed by atoms with E-state index in [0.717, 1.165) is 11.3 Å². The number of carbonyl (C=O) groups excluding carboxylic acids is 3. The maximum Gasteiger partial charge on any atom is 0.255 e. The van der Waals surface area contributed by atoms with E-state index in [4.69, 9.17) is 24.7 Å². The molecule has 3 amide bonds. The first-order valence-electron chi connectivity index (χ1n) is 11.7. The first kappa shape index (κ1) is 26.7. The molecule has 36 heavy (non-hydrogen) atoms. The summed E-state index contributed by atoms with van der Waals surface area (Å²) >= 11 is 0. The van der Waals surface area contributed by atoms with E-state index in [1.165, 1.54) is 14.2 Å². The molecule has 0 atom stereocenters. The zero-order chi connectivity index (χ0) is 26.1. The van der Waals surface area contributed by atoms with Crippen molar-refractivity contribution in [1.29, 1.82) is 0 Å². The fourth-order valence-corrected chi connectivity index (χ4v) is 4.04. The molecule has 1 heterocycles. The second-order valence-corrected chi connectivity index (χ2v) is 8.34. The first-order valence-corrected chi connectivity index (χ1v) is 11.7. The predicted molar refractivity (Wildman–Crippen MR) is 133 cm³/mol. The number of rotatable bonds is 10. The van der Waals surface area contributed by atoms with Crippen LogP contribution >= 0.6 is 0 Å². The first-order chi connectivity index (χ1) is 17.4. The third kappa shape index (κ3) is 6.80. The minimum absolute atomic E-state index is 0.0689. The SMILES string of the molecule is COc1ccc(CCC(=O)N2CCCN(C(=O)c3cc(OC)c(OCC(N)=O)c(OC)c3)CC2)cc1. The van der Waals surface area contributed by atoms with Crippen LogP contribution in [0.3, 0.4) is 0 Å². The van der Waals surface area contributed by atoms with Crippen molar-refractivity contribution in [2.75, 3.05) is 54.1 Å². The molecule has 1 aliphatic heterocycles. The molecule has 10 heteroatoms. The molecule has 3 rings (SSSR count). The molecule has 194 valence electrons. The van der Waals surface area contributed by atoms with Gasteiger partial charge in [0.1, 0.15) is 5.75 Å². The summed E-state index contributed by atoms with van der Waals surface area (Å²) in [5, 5.41) is 0. The van der Waals surface area contributed by atoms with Gasteiger partial charge < -0.3 is 34.5 Å². The standard InChI is InChI=1S/C26H33N3O7/c1-33-20-8-5-18(6-9-20)7-10-24(31)28-11-4-12-29(14-13-28)26(32)19-15-21(34-2)25(22(16-19)35-3)36-17-23(27)30/h5-6,8-9,15-16H,4,7,10-14,17H2,1-3H3,(H2,27,30). The van der Waals surface area contributed by atoms with Gasteiger partial charge in [-0.05, 0) is 42.7 Å². The minimum Gasteiger partial charge on any atom is -0.497 e. The van der Waals surface area contributed by atoms with Crippen molar-refractivity contribution < 1.29 is 33.3 Å². The fourth-order valence-electron chi connectivity index (χ4n) is 4.04. The largest absolute Gasteiger partial charge is 0.497 e. The van der Waals surface area contributed by atoms with Crippen LogP contribution in [0, 0.1) is 0 Å². The Morgan fingerprint density at radius 2 is 1.47 bits per heavy atom. The third-order valence-electron chi connectivity index (χ3n) is 5.99. The van der Waals surface area contributed by atoms with Crippen LogP contribution in [0.5, 0.6) is 23.0 Å². The van der Waals surface area contributed by atoms with Crippen LogP contribution in [0.2, 0.25) is 0 Å². The Balaban J connectivity index is 1.63. The lowest BCUT2D eigenvalue weighted by molar-refractivity contribution is -0.131. The molecule has 2 N–H and O–H groups in total. The van der Waals surface area contributed by atoms with Gasteiger partial charge in [-0.25, -0.2) is 0 Å². The van der Waals surface area contributed by atoms with Crippen LogP contribution in [-0.4, -0.2) is 81.6 Å². The van der Waals surface area contributed by atoms with Gasteiger partial charge >= 0.3 is 0 Å². The van der Waals surface area contributed by atoms with Crippen LogP contribution in [0.15, 0.2) is 36.4 Å². The minimum atomic E-state index is -0.646. The van der Waals surface area contributed by atoms with E-state index in [1.807, 2.05) is 29.2 Å². The molecule has 0 aromatic heterocycles. The van der Waals surface area contributed by atoms with Gasteiger partial charge in [0, 0.05) is 38.2 Å². The van der Waals surface area contributed by atoms with Gasteiger partial charge in [-0.15, -0.1) is 0 Å². The van der Waals surface area contributed by atoms with Crippen LogP contribution in [-0.2, 0) is 16.0 Å². The number of primary amides is 1. The number of nitrogens with zero attached hydrogens (tertiary/aromatic N) is 2. The summed E-state index contributed by atoms with van der Waals surface area (Å²) in [6.45, 7) is 1.64. The molecule has 0 bridgehead atoms. The molecule has 0 saturated carbocycles. The van der Waals surface area contributed by atoms with E-state index >= 15 is 0 Å². The van der Waals surface area contributed by atoms with Gasteiger partial charge in [0.25, 0.3) is 11.8 Å². The number of aryl methyl sites for hydroxylation is 1. The van der Waals surface area contributed by atoms with Crippen molar-refractivity contribution in [3.05, 3.63) is 47.5 Å². The van der Waals surface area contributed by atoms with Gasteiger partial charge in [0.2, 0.25) is 11.7 Å². The lowest BCUT2D eigenvalue weighted by atomic mass is 10.1. The number of benzene rings is 2. The summed E-state index contributed by atoms with van der Waals surface area (Å²) in [6, 6.07) is 10.8. The molecule has 1 aliphatic rings. The summed E-state index contributed by atoms with van der Waals surface area (Å²) in [5.41, 5.74) is 6.59. The molecule has 2 aromatic carbocycles. The zero-order valence-corrected chi connectivity index (χ0v) is 21.0. The number of nitrogens with two attached hydrogens (primary N) is 1. The van der Waals surface area contributed by atoms with Crippen molar-refractivity contribution in [2.45, 2.75) is 19.3 Å². The monoisotopic (exact) mass is 499 g/mol. The molecule has 10 nitrogen and oxygen atoms in total. The third-order valence-corrected chi connectivity index (χ3v) is 5.99. The lowest BCUT2D eigenvalue weighted by Gasteiger charge is -2.23. The highest BCUT2D eigenvalue weighted by atomic mass is 16.5. The highest BCUT2D eigenvalue weighted by Crippen LogP contribution is 2.39. The predicted octanol–water partition coefficient (Wildman–Crippen LogP) is 1.88. The summed E-state index contributed by atoms with van der Waals surface area (Å²) in [5.74, 6) is 0.699. The van der Waals surface area contributed by atoms with Crippen LogP contribution in [0.25, 0.3) is 0 Å². The van der Waals surface area contributed by atoms with Gasteiger partial charge in [-0.2, -0.15) is 0 Å². The normalized spacial score (nSPS) is 13.5. The Hall–Kier alpha value is -3.95. The fraction of sp³-hybridized carbons (Fsp3) is 0.423. The molecule has 0 spiro atoms. The van der Waals surface area contributed by atoms with Crippen molar-refractivity contribution in [2.24, 2.45) is 5.73 Å². The molecule has 1 saturated heterocycles. The van der Waals surface area contributed by atoms with E-state index in [9.17, 15) is 14.4 Å². The highest BCUT2D eigenvalue weighted by molar-refractivity contribution is 5.95. The molecule has 0 aliphatic carbocycles. The van der Waals surface area contributed by atoms with Crippen molar-refractivity contribution in [3.63, 3.8) is 0 Å². The average molecular weight is 500 g/mol. The Bertz CT molecular complexity index is 1050. The molecular formula is C26H33N3O7. The van der Waals surface area contributed by atoms with E-state index in [0.29, 0.717) is 51.0 Å². The second kappa shape index (κ2) is 12.7. The maximum absolute atomic E-state index is 13.3. The maximum atomic E-state index is 13.3. The smallest absolute Gasteiger partial charge is 0.255 e. The van der Waals surface area contributed by atoms with Crippen LogP contribution < -0.4 is 24.7 Å². The van der Waals surface area contributed by atoms with Gasteiger partial charge in [-0.1, -0.05) is 12.1 Å². The van der Waals surface area contributed by atoms with Gasteiger partial charge in [0.05, 0.1) is 21.3 Å². The Labute approximate surface area is 210 Å². The van der Waals surface area contributed by atoms with E-state index < -0.39 is 5.91 Å². The molecular weight excluding hydrogens is 466 g/mol. The zero-order valence-electron chi connectivity index (χ0n) is 21.0. The topological polar surface area (TPSA) is 121 Å². The quantitative estimate of drug-likeness (QED) is 0.530. The number of methoxy groups -OCH3 is 3. The molecule has 1 fully saturated rings. The Morgan fingerprint density at radius 1 is 0.861 bits per heavy atom. The van der Waals surface area contributed by atoms with E-state index in [2.05, 4.69) is 0 Å². The van der Waals surface area contributed by atoms with Crippen molar-refractivity contribution in [3.8, 4) is 23.0 Å². The van der Waals surface area contributed by atoms with Crippen molar-refractivity contribution in [1.82, 2.24) is 9.80 Å². The highest BCUT2D eigenvalue weighted by Gasteiger charge is 2.25. The van der Waals surface area contributed by atoms with Crippen molar-refractivity contribution >= 4 is 17.7 Å². The number of carbonyl (C=O) groups is 3. The van der Waals surface area contributed by atoms with Crippen LogP contribution in [0.1, 0.15) is 28.8 Å². The van der Waals surface area contributed by atoms with E-state index in [-0.39, 0.29) is 35.7 Å². The average Bonchev–Trinajstić information content (AvgIpc) is 3.16. The summed E-state index contributed by atoms with van der Waals surface area (Å²) in [6.07, 6.45) is 1.72. The number of amides is 3. The molecule has 2 aromatic rings. The number of hydrogen-bond acceptors (Lipinski definition) is 7. The number of hydrogen-bond donors (Lipinski definition) is 1. The lowest BCUT2D eigenvalue weighted by Crippen LogP contribution is -2.37. The van der Waals surface area contributed by atoms with Crippen LogP contribution in [0.4, 0.5) is 0 Å². The summed E-state index contributed by atoms with van der Waals surface area (Å²) < 4.78 is 21.3.